The molecule has 1 aromatic carbocycles. The van der Waals surface area contributed by atoms with E-state index in [9.17, 15) is 9.90 Å². The molecule has 0 saturated carbocycles. The summed E-state index contributed by atoms with van der Waals surface area (Å²) in [6, 6.07) is 5.06. The Morgan fingerprint density at radius 3 is 2.88 bits per heavy atom. The first kappa shape index (κ1) is 12.4. The lowest BCUT2D eigenvalue weighted by atomic mass is 10.2. The monoisotopic (exact) mass is 223 g/mol. The van der Waals surface area contributed by atoms with E-state index in [0.29, 0.717) is 18.9 Å². The maximum Gasteiger partial charge on any atom is 0.217 e. The van der Waals surface area contributed by atoms with Gasteiger partial charge in [-0.25, -0.2) is 0 Å². The van der Waals surface area contributed by atoms with Crippen molar-refractivity contribution in [3.8, 4) is 11.5 Å². The number of nitrogens with one attached hydrogen (secondary N) is 1. The molecule has 0 aliphatic rings. The number of carbonyl (C=O) groups is 1. The fraction of sp³-hybridized carbons (Fsp3) is 0.417. The molecule has 0 heterocycles. The third-order valence-electron chi connectivity index (χ3n) is 2.03. The second-order valence-electron chi connectivity index (χ2n) is 3.56. The van der Waals surface area contributed by atoms with Crippen LogP contribution in [0.3, 0.4) is 0 Å². The van der Waals surface area contributed by atoms with E-state index >= 15 is 0 Å². The van der Waals surface area contributed by atoms with Gasteiger partial charge in [-0.15, -0.1) is 0 Å². The Bertz CT molecular complexity index is 363. The minimum atomic E-state index is -0.0795. The van der Waals surface area contributed by atoms with Gasteiger partial charge < -0.3 is 15.2 Å². The first-order valence-corrected chi connectivity index (χ1v) is 5.32. The predicted octanol–water partition coefficient (Wildman–Crippen LogP) is 1.82. The van der Waals surface area contributed by atoms with Crippen molar-refractivity contribution in [2.24, 2.45) is 0 Å². The van der Waals surface area contributed by atoms with Crippen molar-refractivity contribution in [2.45, 2.75) is 26.8 Å². The van der Waals surface area contributed by atoms with E-state index < -0.39 is 0 Å². The molecular weight excluding hydrogens is 206 g/mol. The smallest absolute Gasteiger partial charge is 0.217 e. The maximum atomic E-state index is 10.7. The number of rotatable bonds is 5. The highest BCUT2D eigenvalue weighted by atomic mass is 16.5. The number of hydrogen-bond acceptors (Lipinski definition) is 3. The van der Waals surface area contributed by atoms with Crippen molar-refractivity contribution in [1.82, 2.24) is 5.32 Å². The van der Waals surface area contributed by atoms with Gasteiger partial charge in [0.25, 0.3) is 0 Å². The Kier molecular flexibility index (Phi) is 4.64. The average Bonchev–Trinajstić information content (AvgIpc) is 2.26. The number of phenols is 1. The number of amides is 1. The molecule has 0 bridgehead atoms. The molecule has 1 aromatic rings. The number of benzene rings is 1. The van der Waals surface area contributed by atoms with Gasteiger partial charge >= 0.3 is 0 Å². The van der Waals surface area contributed by atoms with Crippen molar-refractivity contribution >= 4 is 5.91 Å². The van der Waals surface area contributed by atoms with Crippen molar-refractivity contribution < 1.29 is 14.6 Å². The van der Waals surface area contributed by atoms with Crippen LogP contribution in [0.15, 0.2) is 18.2 Å². The van der Waals surface area contributed by atoms with Crippen LogP contribution in [0.4, 0.5) is 0 Å². The quantitative estimate of drug-likeness (QED) is 0.800. The summed E-state index contributed by atoms with van der Waals surface area (Å²) in [7, 11) is 0. The molecule has 88 valence electrons. The summed E-state index contributed by atoms with van der Waals surface area (Å²) in [4.78, 5) is 10.7. The van der Waals surface area contributed by atoms with Gasteiger partial charge in [0.2, 0.25) is 5.91 Å². The molecule has 1 amide bonds. The fourth-order valence-electron chi connectivity index (χ4n) is 1.22. The Morgan fingerprint density at radius 1 is 1.50 bits per heavy atom. The van der Waals surface area contributed by atoms with Crippen LogP contribution in [0.2, 0.25) is 0 Å². The largest absolute Gasteiger partial charge is 0.504 e. The highest BCUT2D eigenvalue weighted by molar-refractivity contribution is 5.72. The van der Waals surface area contributed by atoms with Crippen LogP contribution in [0.5, 0.6) is 11.5 Å². The number of carbonyl (C=O) groups excluding carboxylic acids is 1. The molecule has 0 unspecified atom stereocenters. The molecule has 0 saturated heterocycles. The number of hydrogen-bond donors (Lipinski definition) is 2. The standard InChI is InChI=1S/C12H17NO3/c1-3-6-16-12-7-10(4-5-11(12)15)8-13-9(2)14/h4-5,7,15H,3,6,8H2,1-2H3,(H,13,14). The SMILES string of the molecule is CCCOc1cc(CNC(C)=O)ccc1O. The average molecular weight is 223 g/mol. The van der Waals surface area contributed by atoms with E-state index in [1.165, 1.54) is 6.92 Å². The van der Waals surface area contributed by atoms with E-state index in [-0.39, 0.29) is 11.7 Å². The van der Waals surface area contributed by atoms with Crippen LogP contribution < -0.4 is 10.1 Å². The molecule has 0 aliphatic carbocycles. The summed E-state index contributed by atoms with van der Waals surface area (Å²) >= 11 is 0. The molecule has 1 rings (SSSR count). The van der Waals surface area contributed by atoms with Crippen molar-refractivity contribution in [2.75, 3.05) is 6.61 Å². The van der Waals surface area contributed by atoms with E-state index in [1.807, 2.05) is 6.92 Å². The van der Waals surface area contributed by atoms with Gasteiger partial charge in [0.05, 0.1) is 6.61 Å². The van der Waals surface area contributed by atoms with Crippen LogP contribution in [-0.2, 0) is 11.3 Å². The van der Waals surface area contributed by atoms with Crippen LogP contribution in [0.1, 0.15) is 25.8 Å². The third-order valence-corrected chi connectivity index (χ3v) is 2.03. The molecule has 0 fully saturated rings. The third kappa shape index (κ3) is 3.81. The van der Waals surface area contributed by atoms with Gasteiger partial charge in [0.1, 0.15) is 0 Å². The zero-order valence-electron chi connectivity index (χ0n) is 9.62. The van der Waals surface area contributed by atoms with Crippen molar-refractivity contribution in [3.05, 3.63) is 23.8 Å². The predicted molar refractivity (Wildman–Crippen MR) is 61.4 cm³/mol. The molecular formula is C12H17NO3. The Hall–Kier alpha value is -1.71. The molecule has 0 aromatic heterocycles. The van der Waals surface area contributed by atoms with Crippen LogP contribution in [0, 0.1) is 0 Å². The van der Waals surface area contributed by atoms with E-state index in [4.69, 9.17) is 4.74 Å². The van der Waals surface area contributed by atoms with E-state index in [2.05, 4.69) is 5.32 Å². The van der Waals surface area contributed by atoms with E-state index in [1.54, 1.807) is 18.2 Å². The summed E-state index contributed by atoms with van der Waals surface area (Å²) in [6.45, 7) is 4.47. The van der Waals surface area contributed by atoms with Gasteiger partial charge in [-0.1, -0.05) is 13.0 Å². The molecule has 0 atom stereocenters. The minimum Gasteiger partial charge on any atom is -0.504 e. The first-order valence-electron chi connectivity index (χ1n) is 5.32. The number of ether oxygens (including phenoxy) is 1. The lowest BCUT2D eigenvalue weighted by Gasteiger charge is -2.09. The maximum absolute atomic E-state index is 10.7. The summed E-state index contributed by atoms with van der Waals surface area (Å²) in [5.41, 5.74) is 0.902. The summed E-state index contributed by atoms with van der Waals surface area (Å²) < 4.78 is 5.37. The van der Waals surface area contributed by atoms with Crippen LogP contribution in [-0.4, -0.2) is 17.6 Å². The normalized spacial score (nSPS) is 9.88. The van der Waals surface area contributed by atoms with Gasteiger partial charge in [-0.2, -0.15) is 0 Å². The molecule has 0 spiro atoms. The van der Waals surface area contributed by atoms with Gasteiger partial charge in [0.15, 0.2) is 11.5 Å². The topological polar surface area (TPSA) is 58.6 Å². The Balaban J connectivity index is 2.68. The molecule has 0 aliphatic heterocycles. The van der Waals surface area contributed by atoms with Crippen molar-refractivity contribution in [1.29, 1.82) is 0 Å². The zero-order valence-corrected chi connectivity index (χ0v) is 9.62. The van der Waals surface area contributed by atoms with Gasteiger partial charge in [-0.05, 0) is 24.1 Å². The summed E-state index contributed by atoms with van der Waals surface area (Å²) in [6.07, 6.45) is 0.884. The lowest BCUT2D eigenvalue weighted by Crippen LogP contribution is -2.18. The van der Waals surface area contributed by atoms with E-state index in [0.717, 1.165) is 12.0 Å². The molecule has 4 heteroatoms. The highest BCUT2D eigenvalue weighted by Gasteiger charge is 2.04. The van der Waals surface area contributed by atoms with Crippen molar-refractivity contribution in [3.63, 3.8) is 0 Å². The summed E-state index contributed by atoms with van der Waals surface area (Å²) in [5, 5.41) is 12.2. The fourth-order valence-corrected chi connectivity index (χ4v) is 1.22. The molecule has 0 radical (unpaired) electrons. The molecule has 16 heavy (non-hydrogen) atoms. The second kappa shape index (κ2) is 6.00. The summed E-state index contributed by atoms with van der Waals surface area (Å²) in [5.74, 6) is 0.508. The molecule has 2 N–H and O–H groups in total. The number of phenolic OH excluding ortho intramolecular Hbond substituents is 1. The minimum absolute atomic E-state index is 0.0795. The van der Waals surface area contributed by atoms with Crippen LogP contribution >= 0.6 is 0 Å². The zero-order chi connectivity index (χ0) is 12.0. The highest BCUT2D eigenvalue weighted by Crippen LogP contribution is 2.26. The molecule has 4 nitrogen and oxygen atoms in total. The van der Waals surface area contributed by atoms with Gasteiger partial charge in [0, 0.05) is 13.5 Å². The first-order chi connectivity index (χ1) is 7.63. The lowest BCUT2D eigenvalue weighted by molar-refractivity contribution is -0.119. The van der Waals surface area contributed by atoms with Crippen LogP contribution in [0.25, 0.3) is 0 Å². The Morgan fingerprint density at radius 2 is 2.25 bits per heavy atom. The second-order valence-corrected chi connectivity index (χ2v) is 3.56. The number of aromatic hydroxyl groups is 1. The Labute approximate surface area is 95.2 Å². The van der Waals surface area contributed by atoms with Gasteiger partial charge in [-0.3, -0.25) is 4.79 Å².